The molecule has 1 aliphatic heterocycles. The second-order valence-corrected chi connectivity index (χ2v) is 8.16. The molecule has 1 saturated heterocycles. The largest absolute Gasteiger partial charge is 0.359 e. The van der Waals surface area contributed by atoms with E-state index in [0.29, 0.717) is 17.3 Å². The Hall–Kier alpha value is -1.85. The average Bonchev–Trinajstić information content (AvgIpc) is 2.62. The van der Waals surface area contributed by atoms with Crippen LogP contribution in [0.4, 0.5) is 0 Å². The van der Waals surface area contributed by atoms with Crippen molar-refractivity contribution in [2.75, 3.05) is 13.1 Å². The summed E-state index contributed by atoms with van der Waals surface area (Å²) < 4.78 is 29.3. The van der Waals surface area contributed by atoms with Gasteiger partial charge in [0.15, 0.2) is 0 Å². The highest BCUT2D eigenvalue weighted by atomic mass is 35.5. The summed E-state index contributed by atoms with van der Waals surface area (Å²) in [5.74, 6) is 0.664. The molecule has 0 amide bonds. The van der Waals surface area contributed by atoms with Crippen LogP contribution in [0.15, 0.2) is 63.9 Å². The van der Waals surface area contributed by atoms with Crippen LogP contribution in [0, 0.1) is 0 Å². The van der Waals surface area contributed by atoms with E-state index in [-0.39, 0.29) is 4.90 Å². The van der Waals surface area contributed by atoms with E-state index in [1.165, 1.54) is 17.7 Å². The maximum absolute atomic E-state index is 12.6. The molecule has 0 spiro atoms. The van der Waals surface area contributed by atoms with Crippen LogP contribution < -0.4 is 0 Å². The molecule has 2 aromatic rings. The zero-order valence-electron chi connectivity index (χ0n) is 13.9. The number of amidine groups is 1. The highest BCUT2D eigenvalue weighted by Gasteiger charge is 2.21. The van der Waals surface area contributed by atoms with E-state index < -0.39 is 10.0 Å². The van der Waals surface area contributed by atoms with Gasteiger partial charge in [0.25, 0.3) is 10.0 Å². The molecule has 0 N–H and O–H groups in total. The lowest BCUT2D eigenvalue weighted by Gasteiger charge is -2.30. The molecule has 0 aliphatic carbocycles. The molecule has 0 unspecified atom stereocenters. The van der Waals surface area contributed by atoms with Gasteiger partial charge in [0.1, 0.15) is 5.84 Å². The highest BCUT2D eigenvalue weighted by Crippen LogP contribution is 2.20. The first-order valence-electron chi connectivity index (χ1n) is 8.43. The molecule has 0 atom stereocenters. The van der Waals surface area contributed by atoms with Crippen molar-refractivity contribution < 1.29 is 8.42 Å². The van der Waals surface area contributed by atoms with Gasteiger partial charge in [-0.1, -0.05) is 41.9 Å². The first-order valence-corrected chi connectivity index (χ1v) is 10.2. The summed E-state index contributed by atoms with van der Waals surface area (Å²) >= 11 is 5.84. The predicted octanol–water partition coefficient (Wildman–Crippen LogP) is 4.16. The summed E-state index contributed by atoms with van der Waals surface area (Å²) in [6.45, 7) is 1.63. The number of hydrogen-bond donors (Lipinski definition) is 0. The van der Waals surface area contributed by atoms with Gasteiger partial charge >= 0.3 is 0 Å². The van der Waals surface area contributed by atoms with E-state index >= 15 is 0 Å². The highest BCUT2D eigenvalue weighted by molar-refractivity contribution is 7.90. The van der Waals surface area contributed by atoms with Gasteiger partial charge in [-0.2, -0.15) is 8.42 Å². The molecule has 1 aliphatic rings. The molecule has 4 nitrogen and oxygen atoms in total. The van der Waals surface area contributed by atoms with Crippen LogP contribution in [0.2, 0.25) is 5.02 Å². The molecule has 1 fully saturated rings. The summed E-state index contributed by atoms with van der Waals surface area (Å²) in [7, 11) is -3.70. The topological polar surface area (TPSA) is 49.7 Å². The Morgan fingerprint density at radius 3 is 2.44 bits per heavy atom. The zero-order chi connectivity index (χ0) is 17.7. The Morgan fingerprint density at radius 2 is 1.72 bits per heavy atom. The second kappa shape index (κ2) is 8.02. The molecule has 25 heavy (non-hydrogen) atoms. The lowest BCUT2D eigenvalue weighted by atomic mass is 10.1. The minimum atomic E-state index is -3.70. The third-order valence-corrected chi connectivity index (χ3v) is 5.86. The van der Waals surface area contributed by atoms with E-state index in [0.717, 1.165) is 32.4 Å². The normalized spacial score (nSPS) is 17.0. The Balaban J connectivity index is 1.77. The Bertz CT molecular complexity index is 833. The number of nitrogens with zero attached hydrogens (tertiary/aromatic N) is 2. The van der Waals surface area contributed by atoms with Gasteiger partial charge in [0.2, 0.25) is 0 Å². The zero-order valence-corrected chi connectivity index (χ0v) is 15.5. The van der Waals surface area contributed by atoms with Crippen molar-refractivity contribution in [2.45, 2.75) is 30.6 Å². The van der Waals surface area contributed by atoms with E-state index in [9.17, 15) is 8.42 Å². The lowest BCUT2D eigenvalue weighted by Crippen LogP contribution is -2.37. The monoisotopic (exact) mass is 376 g/mol. The smallest absolute Gasteiger partial charge is 0.283 e. The van der Waals surface area contributed by atoms with Gasteiger partial charge in [-0.15, -0.1) is 4.40 Å². The van der Waals surface area contributed by atoms with Gasteiger partial charge in [0, 0.05) is 24.5 Å². The Kier molecular flexibility index (Phi) is 5.76. The fourth-order valence-corrected chi connectivity index (χ4v) is 4.12. The van der Waals surface area contributed by atoms with Crippen molar-refractivity contribution >= 4 is 27.5 Å². The van der Waals surface area contributed by atoms with Crippen LogP contribution >= 0.6 is 11.6 Å². The minimum absolute atomic E-state index is 0.179. The predicted molar refractivity (Wildman–Crippen MR) is 102 cm³/mol. The fourth-order valence-electron chi connectivity index (χ4n) is 2.92. The van der Waals surface area contributed by atoms with Crippen molar-refractivity contribution in [3.63, 3.8) is 0 Å². The number of sulfonamides is 1. The number of rotatable bonds is 5. The maximum atomic E-state index is 12.6. The first-order chi connectivity index (χ1) is 12.0. The summed E-state index contributed by atoms with van der Waals surface area (Å²) in [6.07, 6.45) is 3.61. The Labute approximate surface area is 154 Å². The average molecular weight is 377 g/mol. The molecule has 2 aromatic carbocycles. The standard InChI is InChI=1S/C19H21ClN2O2S/c20-17-9-11-18(12-10-17)25(23,24)21-19-8-4-5-14-22(19)15-13-16-6-2-1-3-7-16/h1-3,6-7,9-12H,4-5,8,13-15H2/b21-19+. The third kappa shape index (κ3) is 4.83. The minimum Gasteiger partial charge on any atom is -0.359 e. The molecular formula is C19H21ClN2O2S. The molecule has 0 radical (unpaired) electrons. The van der Waals surface area contributed by atoms with Gasteiger partial charge < -0.3 is 4.90 Å². The molecule has 1 heterocycles. The number of likely N-dealkylation sites (tertiary alicyclic amines) is 1. The molecule has 0 bridgehead atoms. The van der Waals surface area contributed by atoms with E-state index in [1.54, 1.807) is 12.1 Å². The second-order valence-electron chi connectivity index (χ2n) is 6.12. The van der Waals surface area contributed by atoms with Crippen molar-refractivity contribution in [1.82, 2.24) is 4.90 Å². The first kappa shape index (κ1) is 18.0. The number of halogens is 1. The molecule has 6 heteroatoms. The number of piperidine rings is 1. The number of benzene rings is 2. The molecule has 0 saturated carbocycles. The molecule has 0 aromatic heterocycles. The van der Waals surface area contributed by atoms with E-state index in [4.69, 9.17) is 11.6 Å². The van der Waals surface area contributed by atoms with Crippen molar-refractivity contribution in [3.8, 4) is 0 Å². The number of hydrogen-bond acceptors (Lipinski definition) is 2. The summed E-state index contributed by atoms with van der Waals surface area (Å²) in [6, 6.07) is 16.4. The Morgan fingerprint density at radius 1 is 1.00 bits per heavy atom. The molecular weight excluding hydrogens is 356 g/mol. The van der Waals surface area contributed by atoms with Crippen LogP contribution in [0.3, 0.4) is 0 Å². The third-order valence-electron chi connectivity index (χ3n) is 4.29. The SMILES string of the molecule is O=S(=O)(/N=C1\CCCCN1CCc1ccccc1)c1ccc(Cl)cc1. The van der Waals surface area contributed by atoms with E-state index in [2.05, 4.69) is 21.4 Å². The van der Waals surface area contributed by atoms with Gasteiger partial charge in [0.05, 0.1) is 4.90 Å². The fraction of sp³-hybridized carbons (Fsp3) is 0.316. The molecule has 132 valence electrons. The summed E-state index contributed by atoms with van der Waals surface area (Å²) in [4.78, 5) is 2.28. The van der Waals surface area contributed by atoms with Crippen LogP contribution in [0.5, 0.6) is 0 Å². The molecule has 3 rings (SSSR count). The summed E-state index contributed by atoms with van der Waals surface area (Å²) in [5.41, 5.74) is 1.24. The van der Waals surface area contributed by atoms with Gasteiger partial charge in [-0.25, -0.2) is 0 Å². The van der Waals surface area contributed by atoms with Crippen LogP contribution in [-0.4, -0.2) is 32.2 Å². The van der Waals surface area contributed by atoms with E-state index in [1.807, 2.05) is 18.2 Å². The van der Waals surface area contributed by atoms with Gasteiger partial charge in [-0.3, -0.25) is 0 Å². The maximum Gasteiger partial charge on any atom is 0.283 e. The van der Waals surface area contributed by atoms with Crippen LogP contribution in [0.25, 0.3) is 0 Å². The van der Waals surface area contributed by atoms with Crippen LogP contribution in [0.1, 0.15) is 24.8 Å². The lowest BCUT2D eigenvalue weighted by molar-refractivity contribution is 0.374. The van der Waals surface area contributed by atoms with Crippen molar-refractivity contribution in [2.24, 2.45) is 4.40 Å². The van der Waals surface area contributed by atoms with Crippen molar-refractivity contribution in [1.29, 1.82) is 0 Å². The van der Waals surface area contributed by atoms with Crippen molar-refractivity contribution in [3.05, 3.63) is 65.2 Å². The summed E-state index contributed by atoms with van der Waals surface area (Å²) in [5, 5.41) is 0.508. The van der Waals surface area contributed by atoms with Crippen LogP contribution in [-0.2, 0) is 16.4 Å². The van der Waals surface area contributed by atoms with Gasteiger partial charge in [-0.05, 0) is 49.1 Å². The quantitative estimate of drug-likeness (QED) is 0.787.